The number of phosphoric ester groups is 1. The fraction of sp³-hybridized carbons (Fsp3) is 0.692. The normalized spacial score (nSPS) is 18.6. The van der Waals surface area contributed by atoms with Crippen LogP contribution in [-0.2, 0) is 47.1 Å². The van der Waals surface area contributed by atoms with Crippen molar-refractivity contribution in [2.24, 2.45) is 0 Å². The third kappa shape index (κ3) is 27.9. The van der Waals surface area contributed by atoms with Gasteiger partial charge in [0.25, 0.3) is 0 Å². The largest absolute Gasteiger partial charge is 0.588 e. The molecular weight excluding hydrogens is 1140 g/mol. The molecule has 1 aliphatic rings. The van der Waals surface area contributed by atoms with Gasteiger partial charge in [-0.3, -0.25) is 14.1 Å². The van der Waals surface area contributed by atoms with Crippen LogP contribution in [-0.4, -0.2) is 86.6 Å². The second-order valence-electron chi connectivity index (χ2n) is 18.9. The smallest absolute Gasteiger partial charge is 0.462 e. The lowest BCUT2D eigenvalue weighted by molar-refractivity contribution is -0.196. The van der Waals surface area contributed by atoms with Crippen LogP contribution in [0, 0.1) is 0 Å². The Balaban J connectivity index is 2.02. The number of alkyl halides is 7. The van der Waals surface area contributed by atoms with E-state index in [4.69, 9.17) is 123 Å². The van der Waals surface area contributed by atoms with Crippen LogP contribution in [0.5, 0.6) is 11.5 Å². The standard InChI is InChI=1S/C52H75Cl7NO14P/c1-5-7-9-11-13-15-17-19-23-33-40(68-42(61)34-28-20-18-16-14-12-10-8-6-2)35-43(62)70-46-44(60-48(63)67-37-51(54,55)56)47(53)69-41(36-66-49(64)71-50(3,4)52(57,58)59)45(46)74-75(65,72-38-29-24-21-25-30-38)73-39-31-26-22-27-32-39/h21-22,24-27,29-32,40-41,44-47H,5-20,23,28,33-37H2,1-4H3,(H,60,63)/t40-,41-,44-,45-,46-,47+/m1/s1. The molecule has 6 atom stereocenters. The van der Waals surface area contributed by atoms with Crippen LogP contribution >= 0.6 is 89.0 Å². The maximum atomic E-state index is 15.1. The van der Waals surface area contributed by atoms with Gasteiger partial charge in [0.1, 0.15) is 49.1 Å². The lowest BCUT2D eigenvalue weighted by atomic mass is 9.97. The molecule has 15 nitrogen and oxygen atoms in total. The number of alkyl carbamates (subject to hydrolysis) is 1. The van der Waals surface area contributed by atoms with Gasteiger partial charge in [-0.05, 0) is 57.4 Å². The number of esters is 2. The summed E-state index contributed by atoms with van der Waals surface area (Å²) >= 11 is 42.6. The van der Waals surface area contributed by atoms with Crippen LogP contribution in [0.3, 0.4) is 0 Å². The summed E-state index contributed by atoms with van der Waals surface area (Å²) < 4.78 is 63.3. The Morgan fingerprint density at radius 2 is 1.16 bits per heavy atom. The summed E-state index contributed by atoms with van der Waals surface area (Å²) in [5, 5.41) is 2.47. The van der Waals surface area contributed by atoms with Gasteiger partial charge in [-0.15, -0.1) is 0 Å². The van der Waals surface area contributed by atoms with E-state index in [2.05, 4.69) is 19.2 Å². The zero-order valence-corrected chi connectivity index (χ0v) is 49.5. The molecule has 2 aromatic rings. The summed E-state index contributed by atoms with van der Waals surface area (Å²) in [6.07, 6.45) is 10.1. The SMILES string of the molecule is CCCCCCCCCCCC(=O)O[C@H](CCCCCCCCCCC)CC(=O)O[C@@H]1[C@@H](NC(=O)OCC(Cl)(Cl)Cl)[C@@H](Cl)O[C@H](COC(=O)OC(C)(C)C(Cl)(Cl)Cl)[C@H]1OP(=O)(Oc1ccccc1)Oc1ccccc1. The summed E-state index contributed by atoms with van der Waals surface area (Å²) in [7, 11) is -4.98. The highest BCUT2D eigenvalue weighted by molar-refractivity contribution is 7.49. The van der Waals surface area contributed by atoms with E-state index in [9.17, 15) is 19.2 Å². The summed E-state index contributed by atoms with van der Waals surface area (Å²) in [6.45, 7) is 5.47. The summed E-state index contributed by atoms with van der Waals surface area (Å²) in [4.78, 5) is 54.5. The summed E-state index contributed by atoms with van der Waals surface area (Å²) in [6, 6.07) is 14.1. The maximum absolute atomic E-state index is 15.1. The van der Waals surface area contributed by atoms with E-state index >= 15 is 4.57 Å². The van der Waals surface area contributed by atoms with Gasteiger partial charge in [-0.1, -0.05) is 234 Å². The summed E-state index contributed by atoms with van der Waals surface area (Å²) in [5.74, 6) is -1.37. The molecule has 1 heterocycles. The molecule has 0 aliphatic carbocycles. The van der Waals surface area contributed by atoms with Crippen LogP contribution in [0.1, 0.15) is 163 Å². The molecular formula is C52H75Cl7NO14P. The number of para-hydroxylation sites is 2. The van der Waals surface area contributed by atoms with Crippen molar-refractivity contribution in [1.82, 2.24) is 5.32 Å². The average molecular weight is 1220 g/mol. The number of ether oxygens (including phenoxy) is 6. The van der Waals surface area contributed by atoms with Crippen LogP contribution < -0.4 is 14.4 Å². The van der Waals surface area contributed by atoms with Crippen molar-refractivity contribution in [2.75, 3.05) is 13.2 Å². The molecule has 0 unspecified atom stereocenters. The lowest BCUT2D eigenvalue weighted by Gasteiger charge is -2.44. The van der Waals surface area contributed by atoms with E-state index < -0.39 is 101 Å². The number of amides is 1. The molecule has 2 aromatic carbocycles. The van der Waals surface area contributed by atoms with Gasteiger partial charge in [-0.2, -0.15) is 0 Å². The third-order valence-electron chi connectivity index (χ3n) is 11.9. The zero-order chi connectivity index (χ0) is 55.3. The Morgan fingerprint density at radius 1 is 0.667 bits per heavy atom. The number of unbranched alkanes of at least 4 members (excludes halogenated alkanes) is 16. The van der Waals surface area contributed by atoms with E-state index in [1.807, 2.05) is 0 Å². The highest BCUT2D eigenvalue weighted by Crippen LogP contribution is 2.53. The third-order valence-corrected chi connectivity index (χ3v) is 15.4. The molecule has 1 saturated heterocycles. The minimum absolute atomic E-state index is 0.0242. The van der Waals surface area contributed by atoms with E-state index in [1.54, 1.807) is 36.4 Å². The number of carbonyl (C=O) groups excluding carboxylic acids is 4. The topological polar surface area (TPSA) is 180 Å². The molecule has 0 bridgehead atoms. The number of carbonyl (C=O) groups is 4. The van der Waals surface area contributed by atoms with Crippen molar-refractivity contribution < 1.29 is 65.7 Å². The molecule has 426 valence electrons. The van der Waals surface area contributed by atoms with Crippen molar-refractivity contribution >= 4 is 113 Å². The number of hydrogen-bond donors (Lipinski definition) is 1. The molecule has 1 aliphatic heterocycles. The average Bonchev–Trinajstić information content (AvgIpc) is 3.33. The van der Waals surface area contributed by atoms with Gasteiger partial charge in [0.15, 0.2) is 17.3 Å². The fourth-order valence-electron chi connectivity index (χ4n) is 7.74. The van der Waals surface area contributed by atoms with E-state index in [0.717, 1.165) is 64.2 Å². The highest BCUT2D eigenvalue weighted by Gasteiger charge is 2.54. The lowest BCUT2D eigenvalue weighted by Crippen LogP contribution is -2.65. The number of benzene rings is 2. The molecule has 1 amide bonds. The van der Waals surface area contributed by atoms with Gasteiger partial charge < -0.3 is 42.8 Å². The molecule has 75 heavy (non-hydrogen) atoms. The molecule has 3 rings (SSSR count). The highest BCUT2D eigenvalue weighted by atomic mass is 35.6. The Hall–Kier alpha value is -2.30. The first-order valence-corrected chi connectivity index (χ1v) is 30.1. The van der Waals surface area contributed by atoms with Gasteiger partial charge in [0.05, 0.1) is 6.42 Å². The molecule has 0 aromatic heterocycles. The molecule has 1 fully saturated rings. The molecule has 1 N–H and O–H groups in total. The minimum Gasteiger partial charge on any atom is -0.462 e. The minimum atomic E-state index is -4.98. The van der Waals surface area contributed by atoms with Crippen molar-refractivity contribution in [3.8, 4) is 11.5 Å². The number of nitrogens with one attached hydrogen (secondary N) is 1. The number of hydrogen-bond acceptors (Lipinski definition) is 14. The Morgan fingerprint density at radius 3 is 1.65 bits per heavy atom. The van der Waals surface area contributed by atoms with Crippen molar-refractivity contribution in [3.05, 3.63) is 60.7 Å². The number of phosphoric acid groups is 1. The van der Waals surface area contributed by atoms with Crippen molar-refractivity contribution in [1.29, 1.82) is 0 Å². The van der Waals surface area contributed by atoms with Gasteiger partial charge in [0.2, 0.25) is 7.59 Å². The first kappa shape index (κ1) is 67.0. The predicted molar refractivity (Wildman–Crippen MR) is 295 cm³/mol. The van der Waals surface area contributed by atoms with Crippen LogP contribution in [0.25, 0.3) is 0 Å². The van der Waals surface area contributed by atoms with Crippen LogP contribution in [0.15, 0.2) is 60.7 Å². The van der Waals surface area contributed by atoms with E-state index in [0.29, 0.717) is 19.3 Å². The summed E-state index contributed by atoms with van der Waals surface area (Å²) in [5.41, 5.74) is -3.38. The molecule has 23 heteroatoms. The second kappa shape index (κ2) is 35.3. The molecule has 0 radical (unpaired) electrons. The van der Waals surface area contributed by atoms with Crippen molar-refractivity contribution in [3.63, 3.8) is 0 Å². The predicted octanol–water partition coefficient (Wildman–Crippen LogP) is 16.4. The Kier molecular flexibility index (Phi) is 31.6. The number of halogens is 7. The fourth-order valence-corrected chi connectivity index (χ4v) is 9.80. The Labute approximate surface area is 478 Å². The van der Waals surface area contributed by atoms with Crippen molar-refractivity contribution in [2.45, 2.75) is 212 Å². The first-order valence-electron chi connectivity index (χ1n) is 25.9. The van der Waals surface area contributed by atoms with E-state index in [-0.39, 0.29) is 17.9 Å². The first-order chi connectivity index (χ1) is 35.5. The van der Waals surface area contributed by atoms with E-state index in [1.165, 1.54) is 76.6 Å². The number of rotatable bonds is 35. The zero-order valence-electron chi connectivity index (χ0n) is 43.3. The Bertz CT molecular complexity index is 1950. The maximum Gasteiger partial charge on any atom is 0.588 e. The quantitative estimate of drug-likeness (QED) is 0.0226. The van der Waals surface area contributed by atoms with Gasteiger partial charge in [0, 0.05) is 6.42 Å². The van der Waals surface area contributed by atoms with Crippen LogP contribution in [0.4, 0.5) is 9.59 Å². The molecule has 0 spiro atoms. The monoisotopic (exact) mass is 1210 g/mol. The van der Waals surface area contributed by atoms with Crippen LogP contribution in [0.2, 0.25) is 0 Å². The van der Waals surface area contributed by atoms with Gasteiger partial charge in [-0.25, -0.2) is 14.2 Å². The second-order valence-corrected chi connectivity index (χ2v) is 25.5. The molecule has 0 saturated carbocycles. The van der Waals surface area contributed by atoms with Gasteiger partial charge >= 0.3 is 32.0 Å².